The van der Waals surface area contributed by atoms with Crippen LogP contribution in [0.1, 0.15) is 26.3 Å². The third kappa shape index (κ3) is 5.51. The van der Waals surface area contributed by atoms with Crippen molar-refractivity contribution >= 4 is 0 Å². The van der Waals surface area contributed by atoms with Gasteiger partial charge >= 0.3 is 0 Å². The van der Waals surface area contributed by atoms with E-state index >= 15 is 0 Å². The van der Waals surface area contributed by atoms with Gasteiger partial charge in [0.25, 0.3) is 0 Å². The third-order valence-electron chi connectivity index (χ3n) is 2.27. The summed E-state index contributed by atoms with van der Waals surface area (Å²) in [4.78, 5) is 0. The van der Waals surface area contributed by atoms with Gasteiger partial charge in [0.1, 0.15) is 12.4 Å². The molecule has 3 nitrogen and oxygen atoms in total. The monoisotopic (exact) mass is 244 g/mol. The first-order valence-electron chi connectivity index (χ1n) is 5.95. The molecule has 18 heavy (non-hydrogen) atoms. The smallest absolute Gasteiger partial charge is 0.121 e. The molecule has 3 heteroatoms. The van der Waals surface area contributed by atoms with E-state index < -0.39 is 0 Å². The van der Waals surface area contributed by atoms with E-state index in [-0.39, 0.29) is 5.54 Å². The number of benzene rings is 1. The van der Waals surface area contributed by atoms with Gasteiger partial charge in [-0.3, -0.25) is 0 Å². The first-order chi connectivity index (χ1) is 8.40. The van der Waals surface area contributed by atoms with Crippen molar-refractivity contribution in [3.05, 3.63) is 42.0 Å². The average molecular weight is 244 g/mol. The van der Waals surface area contributed by atoms with Gasteiger partial charge in [-0.05, 0) is 44.5 Å². The average Bonchev–Trinajstić information content (AvgIpc) is 2.33. The number of ether oxygens (including phenoxy) is 1. The summed E-state index contributed by atoms with van der Waals surface area (Å²) in [5.41, 5.74) is 1.65. The molecule has 1 N–H and O–H groups in total. The van der Waals surface area contributed by atoms with Crippen LogP contribution >= 0.6 is 0 Å². The number of nitrogens with one attached hydrogen (secondary N) is 1. The van der Waals surface area contributed by atoms with Crippen molar-refractivity contribution in [2.75, 3.05) is 13.2 Å². The van der Waals surface area contributed by atoms with E-state index in [0.717, 1.165) is 12.1 Å². The molecule has 0 aliphatic carbocycles. The molecule has 0 heterocycles. The zero-order chi connectivity index (χ0) is 13.6. The maximum atomic E-state index is 8.78. The molecule has 0 saturated heterocycles. The molecule has 0 fully saturated rings. The van der Waals surface area contributed by atoms with E-state index in [9.17, 15) is 0 Å². The van der Waals surface area contributed by atoms with Crippen molar-refractivity contribution in [3.63, 3.8) is 0 Å². The summed E-state index contributed by atoms with van der Waals surface area (Å²) >= 11 is 0. The van der Waals surface area contributed by atoms with Gasteiger partial charge in [0, 0.05) is 12.1 Å². The first-order valence-corrected chi connectivity index (χ1v) is 5.95. The van der Waals surface area contributed by atoms with Crippen LogP contribution < -0.4 is 10.1 Å². The van der Waals surface area contributed by atoms with Crippen LogP contribution in [0.15, 0.2) is 36.4 Å². The summed E-state index contributed by atoms with van der Waals surface area (Å²) in [5, 5.41) is 12.1. The van der Waals surface area contributed by atoms with E-state index in [2.05, 4.69) is 38.7 Å². The van der Waals surface area contributed by atoms with Gasteiger partial charge in [0.2, 0.25) is 0 Å². The molecule has 1 rings (SSSR count). The largest absolute Gasteiger partial charge is 0.489 e. The van der Waals surface area contributed by atoms with Gasteiger partial charge in [0.05, 0.1) is 11.6 Å². The standard InChI is InChI=1S/C15H20N2O/c1-12(10-17-15(2,3)4)11-18-14-7-5-6-13(8-14)9-16/h5-8,17H,1,10-11H2,2-4H3. The van der Waals surface area contributed by atoms with Gasteiger partial charge in [0.15, 0.2) is 0 Å². The van der Waals surface area contributed by atoms with Crippen LogP contribution in [0.4, 0.5) is 0 Å². The number of rotatable bonds is 5. The third-order valence-corrected chi connectivity index (χ3v) is 2.27. The second kappa shape index (κ2) is 6.23. The van der Waals surface area contributed by atoms with Crippen molar-refractivity contribution in [1.29, 1.82) is 5.26 Å². The van der Waals surface area contributed by atoms with E-state index in [1.807, 2.05) is 12.1 Å². The lowest BCUT2D eigenvalue weighted by molar-refractivity contribution is 0.341. The highest BCUT2D eigenvalue weighted by atomic mass is 16.5. The molecule has 0 amide bonds. The fourth-order valence-electron chi connectivity index (χ4n) is 1.28. The molecule has 0 radical (unpaired) electrons. The lowest BCUT2D eigenvalue weighted by Gasteiger charge is -2.21. The molecule has 0 aliphatic rings. The molecule has 0 aliphatic heterocycles. The van der Waals surface area contributed by atoms with Crippen LogP contribution in [-0.4, -0.2) is 18.7 Å². The van der Waals surface area contributed by atoms with Crippen molar-refractivity contribution in [2.45, 2.75) is 26.3 Å². The van der Waals surface area contributed by atoms with Crippen LogP contribution in [0.5, 0.6) is 5.75 Å². The Hall–Kier alpha value is -1.79. The van der Waals surface area contributed by atoms with Gasteiger partial charge in [-0.15, -0.1) is 0 Å². The van der Waals surface area contributed by atoms with E-state index in [1.54, 1.807) is 12.1 Å². The molecule has 0 aromatic heterocycles. The van der Waals surface area contributed by atoms with Crippen LogP contribution in [0.3, 0.4) is 0 Å². The SMILES string of the molecule is C=C(CNC(C)(C)C)COc1cccc(C#N)c1. The van der Waals surface area contributed by atoms with Gasteiger partial charge in [-0.2, -0.15) is 5.26 Å². The number of nitrogens with zero attached hydrogens (tertiary/aromatic N) is 1. The van der Waals surface area contributed by atoms with Gasteiger partial charge in [-0.25, -0.2) is 0 Å². The minimum atomic E-state index is 0.0731. The molecular formula is C15H20N2O. The number of hydrogen-bond donors (Lipinski definition) is 1. The molecule has 1 aromatic rings. The molecule has 0 saturated carbocycles. The highest BCUT2D eigenvalue weighted by Gasteiger charge is 2.08. The Balaban J connectivity index is 2.41. The Morgan fingerprint density at radius 2 is 2.17 bits per heavy atom. The quantitative estimate of drug-likeness (QED) is 0.810. The zero-order valence-corrected chi connectivity index (χ0v) is 11.3. The summed E-state index contributed by atoms with van der Waals surface area (Å²) in [7, 11) is 0. The Bertz CT molecular complexity index is 452. The molecule has 0 unspecified atom stereocenters. The molecule has 96 valence electrons. The Morgan fingerprint density at radius 3 is 2.78 bits per heavy atom. The number of hydrogen-bond acceptors (Lipinski definition) is 3. The van der Waals surface area contributed by atoms with Gasteiger partial charge in [-0.1, -0.05) is 12.6 Å². The van der Waals surface area contributed by atoms with E-state index in [4.69, 9.17) is 10.00 Å². The molecule has 1 aromatic carbocycles. The summed E-state index contributed by atoms with van der Waals surface area (Å²) in [6.45, 7) is 11.5. The molecule has 0 atom stereocenters. The summed E-state index contributed by atoms with van der Waals surface area (Å²) in [6.07, 6.45) is 0. The highest BCUT2D eigenvalue weighted by Crippen LogP contribution is 2.13. The normalized spacial score (nSPS) is 10.8. The van der Waals surface area contributed by atoms with Crippen molar-refractivity contribution in [2.24, 2.45) is 0 Å². The maximum absolute atomic E-state index is 8.78. The fourth-order valence-corrected chi connectivity index (χ4v) is 1.28. The number of nitriles is 1. The molecule has 0 spiro atoms. The lowest BCUT2D eigenvalue weighted by atomic mass is 10.1. The van der Waals surface area contributed by atoms with Crippen molar-refractivity contribution in [3.8, 4) is 11.8 Å². The second-order valence-corrected chi connectivity index (χ2v) is 5.28. The minimum Gasteiger partial charge on any atom is -0.489 e. The summed E-state index contributed by atoms with van der Waals surface area (Å²) in [5.74, 6) is 0.700. The van der Waals surface area contributed by atoms with Crippen molar-refractivity contribution < 1.29 is 4.74 Å². The maximum Gasteiger partial charge on any atom is 0.121 e. The first kappa shape index (κ1) is 14.3. The second-order valence-electron chi connectivity index (χ2n) is 5.28. The molecule has 0 bridgehead atoms. The predicted molar refractivity (Wildman–Crippen MR) is 73.5 cm³/mol. The van der Waals surface area contributed by atoms with Gasteiger partial charge < -0.3 is 10.1 Å². The summed E-state index contributed by atoms with van der Waals surface area (Å²) < 4.78 is 5.58. The Kier molecular flexibility index (Phi) is 4.94. The zero-order valence-electron chi connectivity index (χ0n) is 11.3. The van der Waals surface area contributed by atoms with Crippen LogP contribution in [0, 0.1) is 11.3 Å². The van der Waals surface area contributed by atoms with Crippen LogP contribution in [-0.2, 0) is 0 Å². The van der Waals surface area contributed by atoms with E-state index in [0.29, 0.717) is 17.9 Å². The van der Waals surface area contributed by atoms with Crippen LogP contribution in [0.2, 0.25) is 0 Å². The molecular weight excluding hydrogens is 224 g/mol. The predicted octanol–water partition coefficient (Wildman–Crippen LogP) is 2.88. The Labute approximate surface area is 109 Å². The van der Waals surface area contributed by atoms with E-state index in [1.165, 1.54) is 0 Å². The van der Waals surface area contributed by atoms with Crippen LogP contribution in [0.25, 0.3) is 0 Å². The topological polar surface area (TPSA) is 45.0 Å². The summed E-state index contributed by atoms with van der Waals surface area (Å²) in [6, 6.07) is 9.21. The highest BCUT2D eigenvalue weighted by molar-refractivity contribution is 5.36. The lowest BCUT2D eigenvalue weighted by Crippen LogP contribution is -2.37. The fraction of sp³-hybridized carbons (Fsp3) is 0.400. The Morgan fingerprint density at radius 1 is 1.44 bits per heavy atom. The minimum absolute atomic E-state index is 0.0731. The van der Waals surface area contributed by atoms with Crippen molar-refractivity contribution in [1.82, 2.24) is 5.32 Å².